The molecule has 0 fully saturated rings. The Labute approximate surface area is 156 Å². The van der Waals surface area contributed by atoms with Crippen LogP contribution in [0.5, 0.6) is 0 Å². The van der Waals surface area contributed by atoms with Crippen LogP contribution in [0.2, 0.25) is 12.1 Å². The highest BCUT2D eigenvalue weighted by Gasteiger charge is 2.34. The normalized spacial score (nSPS) is 14.0. The van der Waals surface area contributed by atoms with Gasteiger partial charge in [0.05, 0.1) is 17.9 Å². The zero-order chi connectivity index (χ0) is 19.5. The van der Waals surface area contributed by atoms with E-state index in [2.05, 4.69) is 36.1 Å². The summed E-state index contributed by atoms with van der Waals surface area (Å²) >= 11 is 0. The second kappa shape index (κ2) is 11.3. The quantitative estimate of drug-likeness (QED) is 0.249. The first-order valence-electron chi connectivity index (χ1n) is 9.09. The monoisotopic (exact) mass is 364 g/mol. The minimum absolute atomic E-state index is 0.228. The third kappa shape index (κ3) is 11.0. The molecule has 1 atom stereocenters. The van der Waals surface area contributed by atoms with E-state index in [1.165, 1.54) is 0 Å². The molecule has 0 spiro atoms. The molecular weight excluding hydrogens is 328 g/mol. The number of carbonyl (C=O) groups is 1. The number of hydrogen-bond donors (Lipinski definition) is 0. The Balaban J connectivity index is 5.33. The molecule has 142 valence electrons. The fourth-order valence-electron chi connectivity index (χ4n) is 2.43. The van der Waals surface area contributed by atoms with Crippen LogP contribution in [0.1, 0.15) is 61.8 Å². The lowest BCUT2D eigenvalue weighted by Gasteiger charge is -2.33. The van der Waals surface area contributed by atoms with Gasteiger partial charge in [-0.3, -0.25) is 4.79 Å². The van der Waals surface area contributed by atoms with E-state index in [4.69, 9.17) is 9.16 Å². The van der Waals surface area contributed by atoms with E-state index < -0.39 is 20.1 Å². The van der Waals surface area contributed by atoms with Gasteiger partial charge in [0.25, 0.3) is 0 Å². The summed E-state index contributed by atoms with van der Waals surface area (Å²) in [6.45, 7) is 15.6. The van der Waals surface area contributed by atoms with Crippen LogP contribution in [0.4, 0.5) is 0 Å². The molecule has 0 aliphatic heterocycles. The zero-order valence-corrected chi connectivity index (χ0v) is 18.5. The minimum Gasteiger partial charge on any atom is -0.460 e. The molecule has 0 aromatic heterocycles. The third-order valence-corrected chi connectivity index (χ3v) is 5.96. The molecule has 0 saturated carbocycles. The number of ether oxygens (including phenoxy) is 1. The SMILES string of the molecule is CC#CC(C)(C)[C@H](CC(=O)OC(C)(C)C)O[SiH](C/C=C\C)C/C=C\C. The molecule has 0 heterocycles. The number of rotatable bonds is 9. The first kappa shape index (κ1) is 23.7. The maximum absolute atomic E-state index is 12.4. The predicted molar refractivity (Wildman–Crippen MR) is 109 cm³/mol. The number of carbonyl (C=O) groups excluding carboxylic acids is 1. The molecule has 0 N–H and O–H groups in total. The highest BCUT2D eigenvalue weighted by Crippen LogP contribution is 2.28. The zero-order valence-electron chi connectivity index (χ0n) is 17.3. The summed E-state index contributed by atoms with van der Waals surface area (Å²) < 4.78 is 12.0. The van der Waals surface area contributed by atoms with Crippen LogP contribution in [0, 0.1) is 17.3 Å². The van der Waals surface area contributed by atoms with E-state index in [1.54, 1.807) is 0 Å². The highest BCUT2D eigenvalue weighted by molar-refractivity contribution is 6.53. The molecule has 3 nitrogen and oxygen atoms in total. The Bertz CT molecular complexity index is 501. The Morgan fingerprint density at radius 3 is 2.00 bits per heavy atom. The van der Waals surface area contributed by atoms with E-state index in [0.29, 0.717) is 0 Å². The van der Waals surface area contributed by atoms with Crippen molar-refractivity contribution in [3.8, 4) is 11.8 Å². The van der Waals surface area contributed by atoms with Gasteiger partial charge in [-0.25, -0.2) is 0 Å². The molecule has 25 heavy (non-hydrogen) atoms. The average molecular weight is 365 g/mol. The average Bonchev–Trinajstić information content (AvgIpc) is 2.46. The van der Waals surface area contributed by atoms with Gasteiger partial charge in [0.1, 0.15) is 5.60 Å². The molecule has 0 saturated heterocycles. The molecule has 0 aliphatic rings. The Hall–Kier alpha value is -1.31. The van der Waals surface area contributed by atoms with Crippen LogP contribution in [-0.2, 0) is 14.0 Å². The first-order valence-corrected chi connectivity index (χ1v) is 11.2. The van der Waals surface area contributed by atoms with Crippen LogP contribution in [0.25, 0.3) is 0 Å². The molecular formula is C21H36O3Si. The van der Waals surface area contributed by atoms with Gasteiger partial charge in [0, 0.05) is 0 Å². The van der Waals surface area contributed by atoms with Crippen molar-refractivity contribution in [1.29, 1.82) is 0 Å². The molecule has 0 rings (SSSR count). The largest absolute Gasteiger partial charge is 0.460 e. The standard InChI is InChI=1S/C21H36O3Si/c1-9-12-15-25(16-13-10-2)24-18(21(7,8)14-11-3)17-19(22)23-20(4,5)6/h9-10,12-13,18,25H,15-17H2,1-8H3/b12-9-,13-10-/t18-/m0/s1. The van der Waals surface area contributed by atoms with Crippen LogP contribution < -0.4 is 0 Å². The van der Waals surface area contributed by atoms with Crippen molar-refractivity contribution in [1.82, 2.24) is 0 Å². The topological polar surface area (TPSA) is 35.5 Å². The number of esters is 1. The fourth-order valence-corrected chi connectivity index (χ4v) is 4.89. The van der Waals surface area contributed by atoms with E-state index in [9.17, 15) is 4.79 Å². The molecule has 0 amide bonds. The van der Waals surface area contributed by atoms with Gasteiger partial charge in [0.2, 0.25) is 0 Å². The van der Waals surface area contributed by atoms with Crippen molar-refractivity contribution in [2.75, 3.05) is 0 Å². The van der Waals surface area contributed by atoms with E-state index in [0.717, 1.165) is 12.1 Å². The summed E-state index contributed by atoms with van der Waals surface area (Å²) in [6, 6.07) is 1.89. The molecule has 4 heteroatoms. The van der Waals surface area contributed by atoms with Crippen LogP contribution >= 0.6 is 0 Å². The van der Waals surface area contributed by atoms with Crippen molar-refractivity contribution in [2.24, 2.45) is 5.41 Å². The van der Waals surface area contributed by atoms with Gasteiger partial charge in [0.15, 0.2) is 9.04 Å². The minimum atomic E-state index is -1.51. The first-order chi connectivity index (χ1) is 11.6. The van der Waals surface area contributed by atoms with Gasteiger partial charge in [-0.1, -0.05) is 30.2 Å². The van der Waals surface area contributed by atoms with Gasteiger partial charge in [-0.05, 0) is 67.5 Å². The van der Waals surface area contributed by atoms with Crippen molar-refractivity contribution >= 4 is 15.0 Å². The molecule has 0 aromatic carbocycles. The summed E-state index contributed by atoms with van der Waals surface area (Å²) in [4.78, 5) is 12.4. The summed E-state index contributed by atoms with van der Waals surface area (Å²) in [5.41, 5.74) is -0.891. The van der Waals surface area contributed by atoms with Gasteiger partial charge < -0.3 is 9.16 Å². The van der Waals surface area contributed by atoms with Crippen molar-refractivity contribution in [3.05, 3.63) is 24.3 Å². The highest BCUT2D eigenvalue weighted by atomic mass is 28.3. The van der Waals surface area contributed by atoms with Gasteiger partial charge in [-0.2, -0.15) is 0 Å². The van der Waals surface area contributed by atoms with Crippen molar-refractivity contribution in [2.45, 2.75) is 85.6 Å². The number of allylic oxidation sites excluding steroid dienone is 4. The van der Waals surface area contributed by atoms with Crippen molar-refractivity contribution in [3.63, 3.8) is 0 Å². The van der Waals surface area contributed by atoms with E-state index >= 15 is 0 Å². The van der Waals surface area contributed by atoms with Crippen LogP contribution in [0.3, 0.4) is 0 Å². The molecule has 0 aliphatic carbocycles. The van der Waals surface area contributed by atoms with Crippen molar-refractivity contribution < 1.29 is 14.0 Å². The van der Waals surface area contributed by atoms with Gasteiger partial charge >= 0.3 is 5.97 Å². The number of hydrogen-bond acceptors (Lipinski definition) is 3. The predicted octanol–water partition coefficient (Wildman–Crippen LogP) is 5.03. The molecule has 0 bridgehead atoms. The summed E-state index contributed by atoms with van der Waals surface area (Å²) in [5, 5.41) is 0. The smallest absolute Gasteiger partial charge is 0.308 e. The molecule has 0 aromatic rings. The maximum atomic E-state index is 12.4. The van der Waals surface area contributed by atoms with Crippen LogP contribution in [-0.4, -0.2) is 26.7 Å². The Kier molecular flexibility index (Phi) is 10.7. The lowest BCUT2D eigenvalue weighted by molar-refractivity contribution is -0.157. The van der Waals surface area contributed by atoms with Crippen LogP contribution in [0.15, 0.2) is 24.3 Å². The second-order valence-electron chi connectivity index (χ2n) is 7.74. The second-order valence-corrected chi connectivity index (χ2v) is 10.2. The maximum Gasteiger partial charge on any atom is 0.308 e. The van der Waals surface area contributed by atoms with E-state index in [1.807, 2.05) is 55.4 Å². The molecule has 0 radical (unpaired) electrons. The summed E-state index contributed by atoms with van der Waals surface area (Å²) in [5.74, 6) is 5.96. The third-order valence-electron chi connectivity index (χ3n) is 3.65. The lowest BCUT2D eigenvalue weighted by atomic mass is 9.85. The lowest BCUT2D eigenvalue weighted by Crippen LogP contribution is -2.39. The Morgan fingerprint density at radius 2 is 1.60 bits per heavy atom. The fraction of sp³-hybridized carbons (Fsp3) is 0.667. The summed E-state index contributed by atoms with van der Waals surface area (Å²) in [6.07, 6.45) is 8.39. The summed E-state index contributed by atoms with van der Waals surface area (Å²) in [7, 11) is -1.51. The Morgan fingerprint density at radius 1 is 1.08 bits per heavy atom. The molecule has 0 unspecified atom stereocenters. The van der Waals surface area contributed by atoms with E-state index in [-0.39, 0.29) is 18.5 Å². The van der Waals surface area contributed by atoms with Gasteiger partial charge in [-0.15, -0.1) is 5.92 Å².